The molecule has 1 aliphatic carbocycles. The van der Waals surface area contributed by atoms with Gasteiger partial charge in [0.05, 0.1) is 17.8 Å². The Morgan fingerprint density at radius 3 is 2.90 bits per heavy atom. The van der Waals surface area contributed by atoms with Gasteiger partial charge in [-0.1, -0.05) is 18.7 Å². The SMILES string of the molecule is C=CCOC(=O)c1ccc2c(c1C)CC[C@@H]2NC(=O)c1cc(C(=O)O)nc2ccnn12. The highest BCUT2D eigenvalue weighted by Gasteiger charge is 2.29. The molecule has 0 saturated carbocycles. The van der Waals surface area contributed by atoms with E-state index >= 15 is 0 Å². The summed E-state index contributed by atoms with van der Waals surface area (Å²) in [5.74, 6) is -2.09. The van der Waals surface area contributed by atoms with E-state index in [1.54, 1.807) is 6.07 Å². The molecule has 158 valence electrons. The third-order valence-corrected chi connectivity index (χ3v) is 5.36. The number of aromatic nitrogens is 3. The number of nitrogens with one attached hydrogen (secondary N) is 1. The minimum atomic E-state index is -1.23. The standard InChI is InChI=1S/C22H20N4O5/c1-3-10-31-22(30)14-4-5-15-13(12(14)2)6-7-16(15)25-20(27)18-11-17(21(28)29)24-19-8-9-23-26(18)19/h3-5,8-9,11,16H,1,6-7,10H2,2H3,(H,25,27)(H,28,29)/t16-/m0/s1. The molecule has 1 atom stereocenters. The second-order valence-electron chi connectivity index (χ2n) is 7.19. The van der Waals surface area contributed by atoms with Crippen LogP contribution in [0.15, 0.2) is 43.1 Å². The fraction of sp³-hybridized carbons (Fsp3) is 0.227. The van der Waals surface area contributed by atoms with Crippen LogP contribution in [0.4, 0.5) is 0 Å². The number of nitrogens with zero attached hydrogens (tertiary/aromatic N) is 3. The van der Waals surface area contributed by atoms with E-state index in [1.807, 2.05) is 13.0 Å². The Kier molecular flexibility index (Phi) is 5.24. The third-order valence-electron chi connectivity index (χ3n) is 5.36. The molecule has 2 aromatic heterocycles. The van der Waals surface area contributed by atoms with Crippen molar-refractivity contribution in [1.29, 1.82) is 0 Å². The fourth-order valence-corrected chi connectivity index (χ4v) is 3.88. The van der Waals surface area contributed by atoms with E-state index in [-0.39, 0.29) is 29.7 Å². The van der Waals surface area contributed by atoms with Gasteiger partial charge in [0.25, 0.3) is 5.91 Å². The normalized spacial score (nSPS) is 14.8. The molecule has 0 bridgehead atoms. The van der Waals surface area contributed by atoms with Crippen LogP contribution in [-0.4, -0.2) is 44.2 Å². The van der Waals surface area contributed by atoms with Gasteiger partial charge < -0.3 is 15.2 Å². The zero-order valence-corrected chi connectivity index (χ0v) is 16.8. The fourth-order valence-electron chi connectivity index (χ4n) is 3.88. The predicted octanol–water partition coefficient (Wildman–Crippen LogP) is 2.50. The number of rotatable bonds is 6. The molecule has 0 radical (unpaired) electrons. The van der Waals surface area contributed by atoms with Crippen molar-refractivity contribution in [3.63, 3.8) is 0 Å². The summed E-state index contributed by atoms with van der Waals surface area (Å²) in [5, 5.41) is 16.3. The number of amides is 1. The van der Waals surface area contributed by atoms with E-state index in [0.717, 1.165) is 16.7 Å². The Balaban J connectivity index is 1.61. The van der Waals surface area contributed by atoms with Crippen LogP contribution in [0.5, 0.6) is 0 Å². The summed E-state index contributed by atoms with van der Waals surface area (Å²) in [7, 11) is 0. The van der Waals surface area contributed by atoms with Crippen molar-refractivity contribution in [3.05, 3.63) is 76.8 Å². The van der Waals surface area contributed by atoms with Crippen LogP contribution in [0.25, 0.3) is 5.65 Å². The van der Waals surface area contributed by atoms with Gasteiger partial charge in [0.1, 0.15) is 12.3 Å². The van der Waals surface area contributed by atoms with E-state index in [1.165, 1.54) is 28.9 Å². The summed E-state index contributed by atoms with van der Waals surface area (Å²) < 4.78 is 6.45. The monoisotopic (exact) mass is 420 g/mol. The van der Waals surface area contributed by atoms with Gasteiger partial charge in [0, 0.05) is 12.1 Å². The second kappa shape index (κ2) is 8.02. The van der Waals surface area contributed by atoms with Crippen molar-refractivity contribution in [3.8, 4) is 0 Å². The highest BCUT2D eigenvalue weighted by molar-refractivity contribution is 5.96. The first kappa shape index (κ1) is 20.3. The number of fused-ring (bicyclic) bond motifs is 2. The number of ether oxygens (including phenoxy) is 1. The number of aromatic carboxylic acids is 1. The molecule has 31 heavy (non-hydrogen) atoms. The van der Waals surface area contributed by atoms with Crippen molar-refractivity contribution in [1.82, 2.24) is 19.9 Å². The Morgan fingerprint density at radius 2 is 2.16 bits per heavy atom. The van der Waals surface area contributed by atoms with E-state index in [4.69, 9.17) is 4.74 Å². The van der Waals surface area contributed by atoms with Crippen LogP contribution in [0.3, 0.4) is 0 Å². The van der Waals surface area contributed by atoms with Gasteiger partial charge in [0.15, 0.2) is 11.3 Å². The Hall–Kier alpha value is -4.01. The number of benzene rings is 1. The van der Waals surface area contributed by atoms with Gasteiger partial charge in [-0.05, 0) is 42.5 Å². The molecule has 2 heterocycles. The maximum absolute atomic E-state index is 13.0. The zero-order chi connectivity index (χ0) is 22.1. The number of hydrogen-bond donors (Lipinski definition) is 2. The summed E-state index contributed by atoms with van der Waals surface area (Å²) in [6.45, 7) is 5.54. The molecule has 1 aliphatic rings. The Labute approximate surface area is 177 Å². The summed E-state index contributed by atoms with van der Waals surface area (Å²) in [6.07, 6.45) is 4.32. The molecule has 2 N–H and O–H groups in total. The predicted molar refractivity (Wildman–Crippen MR) is 110 cm³/mol. The number of carbonyl (C=O) groups excluding carboxylic acids is 2. The largest absolute Gasteiger partial charge is 0.477 e. The topological polar surface area (TPSA) is 123 Å². The lowest BCUT2D eigenvalue weighted by Crippen LogP contribution is -2.29. The van der Waals surface area contributed by atoms with Crippen LogP contribution in [0.2, 0.25) is 0 Å². The van der Waals surface area contributed by atoms with E-state index in [9.17, 15) is 19.5 Å². The molecule has 1 aromatic carbocycles. The lowest BCUT2D eigenvalue weighted by Gasteiger charge is -2.16. The summed E-state index contributed by atoms with van der Waals surface area (Å²) in [6, 6.07) is 5.99. The van der Waals surface area contributed by atoms with Crippen molar-refractivity contribution < 1.29 is 24.2 Å². The van der Waals surface area contributed by atoms with E-state index in [2.05, 4.69) is 22.0 Å². The van der Waals surface area contributed by atoms with Crippen molar-refractivity contribution in [2.24, 2.45) is 0 Å². The molecule has 9 nitrogen and oxygen atoms in total. The number of carboxylic acids is 1. The number of carbonyl (C=O) groups is 3. The zero-order valence-electron chi connectivity index (χ0n) is 16.8. The molecule has 0 unspecified atom stereocenters. The highest BCUT2D eigenvalue weighted by Crippen LogP contribution is 2.35. The molecule has 0 spiro atoms. The van der Waals surface area contributed by atoms with Crippen LogP contribution >= 0.6 is 0 Å². The average Bonchev–Trinajstić information content (AvgIpc) is 3.39. The highest BCUT2D eigenvalue weighted by atomic mass is 16.5. The van der Waals surface area contributed by atoms with Gasteiger partial charge in [-0.25, -0.2) is 19.1 Å². The van der Waals surface area contributed by atoms with Crippen molar-refractivity contribution in [2.45, 2.75) is 25.8 Å². The molecular weight excluding hydrogens is 400 g/mol. The lowest BCUT2D eigenvalue weighted by molar-refractivity contribution is 0.0548. The van der Waals surface area contributed by atoms with E-state index in [0.29, 0.717) is 18.4 Å². The number of hydrogen-bond acceptors (Lipinski definition) is 6. The van der Waals surface area contributed by atoms with Gasteiger partial charge in [-0.3, -0.25) is 4.79 Å². The molecule has 0 fully saturated rings. The lowest BCUT2D eigenvalue weighted by atomic mass is 9.98. The van der Waals surface area contributed by atoms with Gasteiger partial charge >= 0.3 is 11.9 Å². The number of carboxylic acid groups (broad SMARTS) is 1. The van der Waals surface area contributed by atoms with Crippen LogP contribution in [0, 0.1) is 6.92 Å². The molecule has 3 aromatic rings. The van der Waals surface area contributed by atoms with Gasteiger partial charge in [-0.2, -0.15) is 5.10 Å². The maximum atomic E-state index is 13.0. The van der Waals surface area contributed by atoms with Gasteiger partial charge in [0.2, 0.25) is 0 Å². The smallest absolute Gasteiger partial charge is 0.354 e. The van der Waals surface area contributed by atoms with Gasteiger partial charge in [-0.15, -0.1) is 0 Å². The van der Waals surface area contributed by atoms with Crippen LogP contribution in [-0.2, 0) is 11.2 Å². The Morgan fingerprint density at radius 1 is 1.35 bits per heavy atom. The molecular formula is C22H20N4O5. The van der Waals surface area contributed by atoms with E-state index < -0.39 is 17.8 Å². The van der Waals surface area contributed by atoms with Crippen LogP contribution < -0.4 is 5.32 Å². The quantitative estimate of drug-likeness (QED) is 0.464. The molecule has 1 amide bonds. The first-order valence-corrected chi connectivity index (χ1v) is 9.70. The second-order valence-corrected chi connectivity index (χ2v) is 7.19. The maximum Gasteiger partial charge on any atom is 0.354 e. The molecule has 4 rings (SSSR count). The first-order chi connectivity index (χ1) is 14.9. The third kappa shape index (κ3) is 3.65. The Bertz CT molecular complexity index is 1230. The van der Waals surface area contributed by atoms with Crippen LogP contribution in [0.1, 0.15) is 60.5 Å². The minimum absolute atomic E-state index is 0.0854. The van der Waals surface area contributed by atoms with Crippen molar-refractivity contribution >= 4 is 23.5 Å². The molecule has 0 saturated heterocycles. The first-order valence-electron chi connectivity index (χ1n) is 9.70. The number of esters is 1. The van der Waals surface area contributed by atoms with Crippen molar-refractivity contribution in [2.75, 3.05) is 6.61 Å². The summed E-state index contributed by atoms with van der Waals surface area (Å²) in [4.78, 5) is 40.6. The average molecular weight is 420 g/mol. The molecule has 0 aliphatic heterocycles. The minimum Gasteiger partial charge on any atom is -0.477 e. The summed E-state index contributed by atoms with van der Waals surface area (Å²) >= 11 is 0. The summed E-state index contributed by atoms with van der Waals surface area (Å²) in [5.41, 5.74) is 3.38. The molecule has 9 heteroatoms.